The summed E-state index contributed by atoms with van der Waals surface area (Å²) in [4.78, 5) is 2.41. The first kappa shape index (κ1) is 13.4. The number of methoxy groups -OCH3 is 1. The van der Waals surface area contributed by atoms with Crippen molar-refractivity contribution < 1.29 is 4.74 Å². The number of rotatable bonds is 4. The van der Waals surface area contributed by atoms with Crippen LogP contribution >= 0.6 is 12.2 Å². The van der Waals surface area contributed by atoms with Crippen LogP contribution in [0, 0.1) is 0 Å². The molecule has 3 nitrogen and oxygen atoms in total. The minimum absolute atomic E-state index is 0.386. The van der Waals surface area contributed by atoms with Gasteiger partial charge in [0.25, 0.3) is 0 Å². The van der Waals surface area contributed by atoms with Gasteiger partial charge in [-0.1, -0.05) is 36.5 Å². The van der Waals surface area contributed by atoms with Crippen LogP contribution < -0.4 is 15.4 Å². The van der Waals surface area contributed by atoms with Crippen LogP contribution in [-0.2, 0) is 0 Å². The van der Waals surface area contributed by atoms with E-state index in [2.05, 4.69) is 0 Å². The Balaban J connectivity index is 2.50. The number of anilines is 2. The summed E-state index contributed by atoms with van der Waals surface area (Å²) in [5.41, 5.74) is 8.55. The van der Waals surface area contributed by atoms with Crippen LogP contribution in [0.15, 0.2) is 48.5 Å². The predicted octanol–water partition coefficient (Wildman–Crippen LogP) is 3.10. The lowest BCUT2D eigenvalue weighted by molar-refractivity contribution is 0.415. The Kier molecular flexibility index (Phi) is 4.02. The lowest BCUT2D eigenvalue weighted by Gasteiger charge is -2.24. The third-order valence-corrected chi connectivity index (χ3v) is 3.20. The second-order valence-electron chi connectivity index (χ2n) is 4.11. The Morgan fingerprint density at radius 2 is 1.63 bits per heavy atom. The van der Waals surface area contributed by atoms with Crippen molar-refractivity contribution in [3.63, 3.8) is 0 Å². The number of ether oxygens (including phenoxy) is 1. The summed E-state index contributed by atoms with van der Waals surface area (Å²) in [5.74, 6) is 0.808. The van der Waals surface area contributed by atoms with Gasteiger partial charge in [-0.2, -0.15) is 0 Å². The Morgan fingerprint density at radius 3 is 2.26 bits per heavy atom. The van der Waals surface area contributed by atoms with E-state index in [1.54, 1.807) is 7.11 Å². The van der Waals surface area contributed by atoms with Gasteiger partial charge in [0.05, 0.1) is 18.5 Å². The Labute approximate surface area is 118 Å². The van der Waals surface area contributed by atoms with Gasteiger partial charge in [0.1, 0.15) is 10.7 Å². The monoisotopic (exact) mass is 272 g/mol. The molecule has 0 unspecified atom stereocenters. The highest BCUT2D eigenvalue weighted by atomic mass is 32.1. The van der Waals surface area contributed by atoms with Crippen LogP contribution in [0.3, 0.4) is 0 Å². The standard InChI is InChI=1S/C15H16N2OS/c1-17(13-9-5-6-10-14(13)18-2)12-8-4-3-7-11(12)15(16)19/h3-10H,1-2H3,(H2,16,19). The van der Waals surface area contributed by atoms with Crippen molar-refractivity contribution in [2.24, 2.45) is 5.73 Å². The molecule has 2 N–H and O–H groups in total. The molecule has 0 spiro atoms. The van der Waals surface area contributed by atoms with E-state index < -0.39 is 0 Å². The maximum atomic E-state index is 5.77. The van der Waals surface area contributed by atoms with Crippen molar-refractivity contribution in [2.45, 2.75) is 0 Å². The van der Waals surface area contributed by atoms with Crippen LogP contribution in [0.5, 0.6) is 5.75 Å². The fourth-order valence-corrected chi connectivity index (χ4v) is 2.18. The molecule has 0 saturated carbocycles. The second kappa shape index (κ2) is 5.71. The molecule has 0 atom stereocenters. The number of hydrogen-bond donors (Lipinski definition) is 1. The molecule has 0 heterocycles. The zero-order valence-electron chi connectivity index (χ0n) is 11.0. The molecule has 19 heavy (non-hydrogen) atoms. The Bertz CT molecular complexity index is 598. The fourth-order valence-electron chi connectivity index (χ4n) is 2.01. The minimum atomic E-state index is 0.386. The van der Waals surface area contributed by atoms with Gasteiger partial charge in [-0.25, -0.2) is 0 Å². The molecule has 0 aliphatic carbocycles. The Morgan fingerprint density at radius 1 is 1.05 bits per heavy atom. The van der Waals surface area contributed by atoms with Gasteiger partial charge in [-0.05, 0) is 24.3 Å². The fraction of sp³-hybridized carbons (Fsp3) is 0.133. The number of nitrogens with zero attached hydrogens (tertiary/aromatic N) is 1. The Hall–Kier alpha value is -2.07. The highest BCUT2D eigenvalue weighted by Crippen LogP contribution is 2.33. The lowest BCUT2D eigenvalue weighted by atomic mass is 10.1. The molecule has 0 bridgehead atoms. The first-order valence-electron chi connectivity index (χ1n) is 5.90. The first-order valence-corrected chi connectivity index (χ1v) is 6.31. The van der Waals surface area contributed by atoms with Crippen molar-refractivity contribution in [1.29, 1.82) is 0 Å². The van der Waals surface area contributed by atoms with E-state index in [0.717, 1.165) is 22.7 Å². The molecule has 0 aliphatic heterocycles. The normalized spacial score (nSPS) is 10.0. The highest BCUT2D eigenvalue weighted by Gasteiger charge is 2.13. The molecule has 0 aromatic heterocycles. The molecule has 0 radical (unpaired) electrons. The molecule has 0 saturated heterocycles. The number of hydrogen-bond acceptors (Lipinski definition) is 3. The zero-order chi connectivity index (χ0) is 13.8. The van der Waals surface area contributed by atoms with Gasteiger partial charge in [0, 0.05) is 12.6 Å². The third-order valence-electron chi connectivity index (χ3n) is 2.98. The van der Waals surface area contributed by atoms with E-state index in [1.807, 2.05) is 60.5 Å². The molecule has 4 heteroatoms. The van der Waals surface area contributed by atoms with E-state index >= 15 is 0 Å². The molecule has 0 aliphatic rings. The van der Waals surface area contributed by atoms with Crippen LogP contribution in [0.2, 0.25) is 0 Å². The summed E-state index contributed by atoms with van der Waals surface area (Å²) >= 11 is 5.10. The summed E-state index contributed by atoms with van der Waals surface area (Å²) in [5, 5.41) is 0. The quantitative estimate of drug-likeness (QED) is 0.868. The molecule has 0 fully saturated rings. The maximum Gasteiger partial charge on any atom is 0.142 e. The number of thiocarbonyl (C=S) groups is 1. The number of para-hydroxylation sites is 3. The van der Waals surface area contributed by atoms with E-state index in [9.17, 15) is 0 Å². The highest BCUT2D eigenvalue weighted by molar-refractivity contribution is 7.80. The van der Waals surface area contributed by atoms with Gasteiger partial charge < -0.3 is 15.4 Å². The molecular weight excluding hydrogens is 256 g/mol. The van der Waals surface area contributed by atoms with Crippen molar-refractivity contribution in [3.8, 4) is 5.75 Å². The largest absolute Gasteiger partial charge is 0.495 e. The second-order valence-corrected chi connectivity index (χ2v) is 4.55. The minimum Gasteiger partial charge on any atom is -0.495 e. The van der Waals surface area contributed by atoms with Gasteiger partial charge in [-0.3, -0.25) is 0 Å². The summed E-state index contributed by atoms with van der Waals surface area (Å²) in [7, 11) is 3.63. The van der Waals surface area contributed by atoms with E-state index in [1.165, 1.54) is 0 Å². The summed E-state index contributed by atoms with van der Waals surface area (Å²) in [6.07, 6.45) is 0. The molecule has 98 valence electrons. The summed E-state index contributed by atoms with van der Waals surface area (Å²) in [6.45, 7) is 0. The molecule has 2 aromatic rings. The van der Waals surface area contributed by atoms with Crippen molar-refractivity contribution >= 4 is 28.6 Å². The molecule has 0 amide bonds. The van der Waals surface area contributed by atoms with Crippen molar-refractivity contribution in [1.82, 2.24) is 0 Å². The van der Waals surface area contributed by atoms with Crippen molar-refractivity contribution in [3.05, 3.63) is 54.1 Å². The van der Waals surface area contributed by atoms with Crippen LogP contribution in [0.4, 0.5) is 11.4 Å². The van der Waals surface area contributed by atoms with Crippen LogP contribution in [-0.4, -0.2) is 19.1 Å². The van der Waals surface area contributed by atoms with E-state index in [0.29, 0.717) is 4.99 Å². The van der Waals surface area contributed by atoms with E-state index in [4.69, 9.17) is 22.7 Å². The van der Waals surface area contributed by atoms with Crippen molar-refractivity contribution in [2.75, 3.05) is 19.1 Å². The third kappa shape index (κ3) is 2.69. The lowest BCUT2D eigenvalue weighted by Crippen LogP contribution is -2.18. The van der Waals surface area contributed by atoms with Gasteiger partial charge in [-0.15, -0.1) is 0 Å². The summed E-state index contributed by atoms with van der Waals surface area (Å²) < 4.78 is 5.38. The predicted molar refractivity (Wildman–Crippen MR) is 83.4 cm³/mol. The zero-order valence-corrected chi connectivity index (χ0v) is 11.8. The number of nitrogens with two attached hydrogens (primary N) is 1. The maximum absolute atomic E-state index is 5.77. The van der Waals surface area contributed by atoms with Crippen LogP contribution in [0.1, 0.15) is 5.56 Å². The SMILES string of the molecule is COc1ccccc1N(C)c1ccccc1C(N)=S. The molecule has 2 rings (SSSR count). The summed E-state index contributed by atoms with van der Waals surface area (Å²) in [6, 6.07) is 15.6. The topological polar surface area (TPSA) is 38.5 Å². The van der Waals surface area contributed by atoms with Gasteiger partial charge in [0.2, 0.25) is 0 Å². The number of benzene rings is 2. The first-order chi connectivity index (χ1) is 9.15. The van der Waals surface area contributed by atoms with Gasteiger partial charge in [0.15, 0.2) is 0 Å². The van der Waals surface area contributed by atoms with Gasteiger partial charge >= 0.3 is 0 Å². The molecule has 2 aromatic carbocycles. The van der Waals surface area contributed by atoms with Crippen LogP contribution in [0.25, 0.3) is 0 Å². The smallest absolute Gasteiger partial charge is 0.142 e. The average Bonchev–Trinajstić information content (AvgIpc) is 2.46. The van der Waals surface area contributed by atoms with E-state index in [-0.39, 0.29) is 0 Å². The molecular formula is C15H16N2OS. The average molecular weight is 272 g/mol.